The van der Waals surface area contributed by atoms with Crippen molar-refractivity contribution < 1.29 is 14.0 Å². The minimum Gasteiger partial charge on any atom is -0.318 e. The van der Waals surface area contributed by atoms with Crippen LogP contribution in [-0.4, -0.2) is 18.0 Å². The molecule has 2 amide bonds. The quantitative estimate of drug-likeness (QED) is 0.519. The first-order valence-electron chi connectivity index (χ1n) is 6.93. The van der Waals surface area contributed by atoms with Crippen LogP contribution in [0.2, 0.25) is 0 Å². The van der Waals surface area contributed by atoms with Crippen LogP contribution in [0, 0.1) is 19.7 Å². The van der Waals surface area contributed by atoms with Crippen molar-refractivity contribution in [2.45, 2.75) is 13.8 Å². The topological polar surface area (TPSA) is 70.6 Å². The van der Waals surface area contributed by atoms with Gasteiger partial charge in [-0.3, -0.25) is 9.59 Å². The van der Waals surface area contributed by atoms with Crippen molar-refractivity contribution in [3.63, 3.8) is 0 Å². The van der Waals surface area contributed by atoms with E-state index in [-0.39, 0.29) is 0 Å². The number of halogens is 1. The van der Waals surface area contributed by atoms with E-state index in [1.54, 1.807) is 18.2 Å². The molecule has 0 saturated heterocycles. The Balaban J connectivity index is 1.92. The Morgan fingerprint density at radius 3 is 2.52 bits per heavy atom. The molecule has 0 aliphatic rings. The van der Waals surface area contributed by atoms with E-state index in [9.17, 15) is 14.0 Å². The summed E-state index contributed by atoms with van der Waals surface area (Å²) in [5.41, 5.74) is 5.19. The first-order valence-corrected chi connectivity index (χ1v) is 6.93. The zero-order valence-electron chi connectivity index (χ0n) is 12.8. The molecule has 0 heterocycles. The summed E-state index contributed by atoms with van der Waals surface area (Å²) in [6.45, 7) is 3.86. The van der Waals surface area contributed by atoms with E-state index in [0.29, 0.717) is 11.3 Å². The average Bonchev–Trinajstić information content (AvgIpc) is 2.51. The Kier molecular flexibility index (Phi) is 5.19. The standard InChI is InChI=1S/C17H16FN3O2/c1-11-6-7-15(8-12(11)2)20-16(22)17(23)21-19-10-13-4-3-5-14(18)9-13/h3-10H,1-2H3,(H,20,22)(H,21,23)/b19-10-. The molecule has 2 N–H and O–H groups in total. The van der Waals surface area contributed by atoms with Crippen molar-refractivity contribution in [2.75, 3.05) is 5.32 Å². The Hall–Kier alpha value is -3.02. The molecule has 5 nitrogen and oxygen atoms in total. The SMILES string of the molecule is Cc1ccc(NC(=O)C(=O)N/N=C\c2cccc(F)c2)cc1C. The summed E-state index contributed by atoms with van der Waals surface area (Å²) >= 11 is 0. The van der Waals surface area contributed by atoms with E-state index < -0.39 is 17.6 Å². The van der Waals surface area contributed by atoms with Gasteiger partial charge in [0.15, 0.2) is 0 Å². The van der Waals surface area contributed by atoms with Gasteiger partial charge in [0.2, 0.25) is 0 Å². The zero-order chi connectivity index (χ0) is 16.8. The summed E-state index contributed by atoms with van der Waals surface area (Å²) in [5.74, 6) is -2.15. The van der Waals surface area contributed by atoms with Crippen LogP contribution in [0.15, 0.2) is 47.6 Å². The van der Waals surface area contributed by atoms with Gasteiger partial charge in [-0.1, -0.05) is 18.2 Å². The molecule has 0 atom stereocenters. The van der Waals surface area contributed by atoms with E-state index in [4.69, 9.17) is 0 Å². The highest BCUT2D eigenvalue weighted by Crippen LogP contribution is 2.13. The van der Waals surface area contributed by atoms with Crippen LogP contribution in [0.5, 0.6) is 0 Å². The van der Waals surface area contributed by atoms with Gasteiger partial charge in [0.1, 0.15) is 5.82 Å². The maximum atomic E-state index is 13.0. The third-order valence-corrected chi connectivity index (χ3v) is 3.20. The average molecular weight is 313 g/mol. The second-order valence-corrected chi connectivity index (χ2v) is 5.01. The van der Waals surface area contributed by atoms with Gasteiger partial charge in [0, 0.05) is 5.69 Å². The highest BCUT2D eigenvalue weighted by molar-refractivity contribution is 6.39. The number of hydrogen-bond donors (Lipinski definition) is 2. The Bertz CT molecular complexity index is 772. The number of hydrogen-bond acceptors (Lipinski definition) is 3. The van der Waals surface area contributed by atoms with Crippen molar-refractivity contribution >= 4 is 23.7 Å². The lowest BCUT2D eigenvalue weighted by Crippen LogP contribution is -2.32. The number of anilines is 1. The lowest BCUT2D eigenvalue weighted by atomic mass is 10.1. The highest BCUT2D eigenvalue weighted by Gasteiger charge is 2.12. The number of carbonyl (C=O) groups excluding carboxylic acids is 2. The molecule has 0 spiro atoms. The number of amides is 2. The molecule has 0 aliphatic heterocycles. The third kappa shape index (κ3) is 4.74. The molecule has 2 aromatic rings. The third-order valence-electron chi connectivity index (χ3n) is 3.20. The second kappa shape index (κ2) is 7.31. The monoisotopic (exact) mass is 313 g/mol. The van der Waals surface area contributed by atoms with Crippen molar-refractivity contribution in [2.24, 2.45) is 5.10 Å². The van der Waals surface area contributed by atoms with Gasteiger partial charge in [-0.05, 0) is 54.8 Å². The minimum atomic E-state index is -0.907. The van der Waals surface area contributed by atoms with E-state index in [0.717, 1.165) is 11.1 Å². The molecule has 0 saturated carbocycles. The number of nitrogens with zero attached hydrogens (tertiary/aromatic N) is 1. The molecule has 0 radical (unpaired) electrons. The number of rotatable bonds is 3. The fraction of sp³-hybridized carbons (Fsp3) is 0.118. The first kappa shape index (κ1) is 16.4. The maximum Gasteiger partial charge on any atom is 0.329 e. The van der Waals surface area contributed by atoms with Gasteiger partial charge in [-0.2, -0.15) is 5.10 Å². The number of hydrazone groups is 1. The summed E-state index contributed by atoms with van der Waals surface area (Å²) in [5, 5.41) is 6.11. The van der Waals surface area contributed by atoms with E-state index in [2.05, 4.69) is 15.8 Å². The lowest BCUT2D eigenvalue weighted by molar-refractivity contribution is -0.136. The normalized spacial score (nSPS) is 10.6. The summed E-state index contributed by atoms with van der Waals surface area (Å²) in [6.07, 6.45) is 1.25. The van der Waals surface area contributed by atoms with Gasteiger partial charge in [0.05, 0.1) is 6.21 Å². The number of carbonyl (C=O) groups is 2. The van der Waals surface area contributed by atoms with Crippen LogP contribution in [0.4, 0.5) is 10.1 Å². The largest absolute Gasteiger partial charge is 0.329 e. The Morgan fingerprint density at radius 2 is 1.83 bits per heavy atom. The summed E-state index contributed by atoms with van der Waals surface area (Å²) in [4.78, 5) is 23.4. The van der Waals surface area contributed by atoms with Crippen LogP contribution in [-0.2, 0) is 9.59 Å². The second-order valence-electron chi connectivity index (χ2n) is 5.01. The molecular weight excluding hydrogens is 297 g/mol. The van der Waals surface area contributed by atoms with Crippen molar-refractivity contribution in [1.29, 1.82) is 0 Å². The number of benzene rings is 2. The van der Waals surface area contributed by atoms with Crippen LogP contribution in [0.3, 0.4) is 0 Å². The number of nitrogens with one attached hydrogen (secondary N) is 2. The minimum absolute atomic E-state index is 0.409. The fourth-order valence-electron chi connectivity index (χ4n) is 1.81. The fourth-order valence-corrected chi connectivity index (χ4v) is 1.81. The predicted octanol–water partition coefficient (Wildman–Crippen LogP) is 2.53. The molecule has 0 unspecified atom stereocenters. The van der Waals surface area contributed by atoms with Crippen LogP contribution < -0.4 is 10.7 Å². The molecule has 118 valence electrons. The van der Waals surface area contributed by atoms with Gasteiger partial charge in [0.25, 0.3) is 0 Å². The molecule has 0 bridgehead atoms. The Morgan fingerprint density at radius 1 is 1.04 bits per heavy atom. The van der Waals surface area contributed by atoms with Crippen molar-refractivity contribution in [3.8, 4) is 0 Å². The van der Waals surface area contributed by atoms with Crippen LogP contribution in [0.25, 0.3) is 0 Å². The first-order chi connectivity index (χ1) is 11.0. The zero-order valence-corrected chi connectivity index (χ0v) is 12.8. The van der Waals surface area contributed by atoms with E-state index in [1.807, 2.05) is 19.9 Å². The van der Waals surface area contributed by atoms with Crippen molar-refractivity contribution in [1.82, 2.24) is 5.43 Å². The molecule has 0 fully saturated rings. The molecule has 0 aromatic heterocycles. The highest BCUT2D eigenvalue weighted by atomic mass is 19.1. The molecule has 23 heavy (non-hydrogen) atoms. The summed E-state index contributed by atoms with van der Waals surface area (Å²) in [6, 6.07) is 11.0. The van der Waals surface area contributed by atoms with Crippen molar-refractivity contribution in [3.05, 3.63) is 65.0 Å². The van der Waals surface area contributed by atoms with E-state index in [1.165, 1.54) is 24.4 Å². The lowest BCUT2D eigenvalue weighted by Gasteiger charge is -2.06. The molecule has 0 aliphatic carbocycles. The maximum absolute atomic E-state index is 13.0. The predicted molar refractivity (Wildman–Crippen MR) is 86.7 cm³/mol. The molecule has 2 rings (SSSR count). The molecule has 2 aromatic carbocycles. The van der Waals surface area contributed by atoms with Gasteiger partial charge < -0.3 is 5.32 Å². The summed E-state index contributed by atoms with van der Waals surface area (Å²) in [7, 11) is 0. The van der Waals surface area contributed by atoms with Gasteiger partial charge in [-0.25, -0.2) is 9.82 Å². The van der Waals surface area contributed by atoms with Gasteiger partial charge >= 0.3 is 11.8 Å². The smallest absolute Gasteiger partial charge is 0.318 e. The van der Waals surface area contributed by atoms with E-state index >= 15 is 0 Å². The summed E-state index contributed by atoms with van der Waals surface area (Å²) < 4.78 is 13.0. The molecule has 6 heteroatoms. The number of aryl methyl sites for hydroxylation is 2. The molecular formula is C17H16FN3O2. The van der Waals surface area contributed by atoms with Crippen LogP contribution >= 0.6 is 0 Å². The van der Waals surface area contributed by atoms with Crippen LogP contribution in [0.1, 0.15) is 16.7 Å². The van der Waals surface area contributed by atoms with Gasteiger partial charge in [-0.15, -0.1) is 0 Å². The Labute approximate surface area is 133 Å².